The van der Waals surface area contributed by atoms with Crippen molar-refractivity contribution in [1.82, 2.24) is 0 Å². The number of aryl methyl sites for hydroxylation is 8. The Bertz CT molecular complexity index is 4970. The second-order valence-electron chi connectivity index (χ2n) is 44.1. The number of carboxylic acids is 2. The molecule has 0 fully saturated rings. The van der Waals surface area contributed by atoms with Crippen LogP contribution in [0.4, 0.5) is 8.78 Å². The average molecular weight is 2240 g/mol. The number of carbonyl (C=O) groups is 11. The lowest BCUT2D eigenvalue weighted by Crippen LogP contribution is -2.45. The summed E-state index contributed by atoms with van der Waals surface area (Å²) in [7, 11) is 2.92. The van der Waals surface area contributed by atoms with Crippen molar-refractivity contribution >= 4 is 117 Å². The number of benzene rings is 7. The minimum atomic E-state index is -3.55. The molecule has 4 N–H and O–H groups in total. The minimum absolute atomic E-state index is 0. The molecule has 0 unspecified atom stereocenters. The molecule has 0 heterocycles. The molecule has 0 saturated heterocycles. The highest BCUT2D eigenvalue weighted by molar-refractivity contribution is 9.09. The molecular weight excluding hydrogens is 2070 g/mol. The molecule has 7 aromatic carbocycles. The van der Waals surface area contributed by atoms with Gasteiger partial charge in [0.15, 0.2) is 27.6 Å². The van der Waals surface area contributed by atoms with Crippen LogP contribution in [0, 0.1) is 34.5 Å². The van der Waals surface area contributed by atoms with Crippen molar-refractivity contribution in [2.45, 2.75) is 369 Å². The number of halogens is 5. The first-order chi connectivity index (χ1) is 67.3. The largest absolute Gasteiger partial charge is 0.480 e. The molecule has 0 radical (unpaired) electrons. The molecule has 0 atom stereocenters. The second kappa shape index (κ2) is 63.1. The Morgan fingerprint density at radius 3 is 0.716 bits per heavy atom. The van der Waals surface area contributed by atoms with E-state index < -0.39 is 154 Å². The zero-order valence-electron chi connectivity index (χ0n) is 92.3. The first-order valence-electron chi connectivity index (χ1n) is 48.6. The van der Waals surface area contributed by atoms with E-state index in [1.807, 2.05) is 79.7 Å². The summed E-state index contributed by atoms with van der Waals surface area (Å²) in [5.74, 6) is -8.41. The van der Waals surface area contributed by atoms with Gasteiger partial charge in [0, 0.05) is 21.3 Å². The van der Waals surface area contributed by atoms with Crippen LogP contribution in [0.2, 0.25) is 0 Å². The molecule has 0 bridgehead atoms. The van der Waals surface area contributed by atoms with Crippen LogP contribution in [-0.2, 0) is 171 Å². The number of methoxy groups -OCH3 is 1. The number of rotatable bonds is 33. The van der Waals surface area contributed by atoms with E-state index in [1.54, 1.807) is 260 Å². The fraction of sp³-hybridized carbons (Fsp3) is 0.543. The summed E-state index contributed by atoms with van der Waals surface area (Å²) >= 11 is 6.73. The lowest BCUT2D eigenvalue weighted by molar-refractivity contribution is -0.186. The van der Waals surface area contributed by atoms with Crippen molar-refractivity contribution in [1.29, 1.82) is 0 Å². The number of carboxylic acid groups (broad SMARTS) is 2. The third-order valence-electron chi connectivity index (χ3n) is 20.9. The van der Waals surface area contributed by atoms with Crippen molar-refractivity contribution < 1.29 is 133 Å². The normalized spacial score (nSPS) is 11.8. The van der Waals surface area contributed by atoms with E-state index in [4.69, 9.17) is 69.0 Å². The zero-order chi connectivity index (χ0) is 114. The SMILES string of the molecule is C.CC(C(=O)OC(C)(C)C)C(=O)OC(C)(C)C.CC(C)(C)OC(=O)C(C)(CCc1ccc(CF)cc1)C(=O)OC(C)(C)C.CC(C)(C)OC(=O)C(C)(CCc1ccc(CO)cc1)C(=O)OC(C)(C)C.CC(CCc1ccc(CF)cc1)(C(=O)O)C(=O)O.CCc1ccc(CCC(C)(C(=O)OC(C)(C)C)C(=O)OC(C)(C)C)cc1.COC(=O)c1ccc(CCBr)cc1.Cc1ccc(S(=O)(=O)Cl)cc1.OCc1ccc(CCBr)cc1. The second-order valence-corrected chi connectivity index (χ2v) is 48.2. The summed E-state index contributed by atoms with van der Waals surface area (Å²) in [6.07, 6.45) is 5.75. The van der Waals surface area contributed by atoms with Gasteiger partial charge >= 0.3 is 65.7 Å². The van der Waals surface area contributed by atoms with Gasteiger partial charge in [-0.15, -0.1) is 0 Å². The first-order valence-corrected chi connectivity index (χ1v) is 53.2. The van der Waals surface area contributed by atoms with Crippen molar-refractivity contribution in [2.75, 3.05) is 17.8 Å². The Balaban J connectivity index is 0. The standard InChI is InChI=1S/C22H34O4.C21H31FO4.C21H32O5.C13H15FO4.C12H22O4.C10H11BrO2.C9H11BrO.C7H7ClO2S.CH4/c1-9-16-10-12-17(13-11-16)14-15-22(8,18(23)25-20(2,3)4)19(24)26-21(5,6)7;2*1-19(2,3)25-17(23)21(7,18(24)26-20(4,5)6)13-12-15-8-10-16(14-22)11-9-15;1-13(11(15)16,12(17)18)7-6-9-2-4-10(8-14)5-3-9;1-8(9(13)15-11(2,3)4)10(14)16-12(5,6)7;1-13-10(12)9-4-2-8(3-5-9)6-7-11;10-6-5-8-1-3-9(7-11)4-2-8;1-6-2-4-7(5-3-6)11(8,9)10;/h10-13H,9,14-15H2,1-8H3;8-11H,12-14H2,1-7H3;8-11,22H,12-14H2,1-7H3;2-5H,6-8H2,1H3,(H,15,16)(H,17,18);8H,1-7H3;2-5H,6-7H2,1H3;1-4,11H,5-7H2;2-5H,1H3;1H4. The number of esters is 9. The van der Waals surface area contributed by atoms with Crippen LogP contribution < -0.4 is 0 Å². The Morgan fingerprint density at radius 1 is 0.324 bits per heavy atom. The van der Waals surface area contributed by atoms with Crippen LogP contribution in [0.25, 0.3) is 0 Å². The Kier molecular flexibility index (Phi) is 59.6. The molecule has 828 valence electrons. The summed E-state index contributed by atoms with van der Waals surface area (Å²) in [5.41, 5.74) is 0.828. The Hall–Kier alpha value is -10.3. The fourth-order valence-corrected chi connectivity index (χ4v) is 13.7. The van der Waals surface area contributed by atoms with Crippen LogP contribution in [0.1, 0.15) is 318 Å². The maximum atomic E-state index is 12.8. The van der Waals surface area contributed by atoms with Gasteiger partial charge in [0.1, 0.15) is 58.2 Å². The molecule has 0 spiro atoms. The van der Waals surface area contributed by atoms with Crippen LogP contribution in [0.3, 0.4) is 0 Å². The van der Waals surface area contributed by atoms with Gasteiger partial charge in [-0.3, -0.25) is 47.9 Å². The van der Waals surface area contributed by atoms with Gasteiger partial charge in [-0.1, -0.05) is 197 Å². The van der Waals surface area contributed by atoms with Crippen LogP contribution in [-0.4, -0.2) is 157 Å². The molecule has 0 saturated carbocycles. The van der Waals surface area contributed by atoms with Crippen molar-refractivity contribution in [2.24, 2.45) is 27.6 Å². The molecule has 0 aliphatic rings. The molecule has 0 aliphatic carbocycles. The van der Waals surface area contributed by atoms with Crippen molar-refractivity contribution in [3.05, 3.63) is 242 Å². The lowest BCUT2D eigenvalue weighted by atomic mass is 9.83. The monoisotopic (exact) mass is 2240 g/mol. The Morgan fingerprint density at radius 2 is 0.527 bits per heavy atom. The number of ether oxygens (including phenoxy) is 9. The number of aliphatic hydroxyl groups is 2. The van der Waals surface area contributed by atoms with Crippen molar-refractivity contribution in [3.63, 3.8) is 0 Å². The van der Waals surface area contributed by atoms with Crippen LogP contribution in [0.5, 0.6) is 0 Å². The number of hydrogen-bond donors (Lipinski definition) is 4. The molecular formula is C116H167Br2ClF2O26S. The van der Waals surface area contributed by atoms with Gasteiger partial charge < -0.3 is 63.1 Å². The Labute approximate surface area is 900 Å². The summed E-state index contributed by atoms with van der Waals surface area (Å²) in [4.78, 5) is 133. The van der Waals surface area contributed by atoms with E-state index in [9.17, 15) is 69.9 Å². The minimum Gasteiger partial charge on any atom is -0.480 e. The molecule has 7 rings (SSSR count). The number of hydrogen-bond acceptors (Lipinski definition) is 24. The highest BCUT2D eigenvalue weighted by Crippen LogP contribution is 2.37. The van der Waals surface area contributed by atoms with E-state index in [2.05, 4.69) is 55.7 Å². The average Bonchev–Trinajstić information content (AvgIpc) is 0.806. The molecule has 148 heavy (non-hydrogen) atoms. The molecule has 7 aromatic rings. The van der Waals surface area contributed by atoms with E-state index in [-0.39, 0.29) is 50.8 Å². The maximum Gasteiger partial charge on any atom is 0.337 e. The number of alkyl halides is 4. The highest BCUT2D eigenvalue weighted by Gasteiger charge is 2.50. The summed E-state index contributed by atoms with van der Waals surface area (Å²) in [6, 6.07) is 51.1. The number of aliphatic hydroxyl groups excluding tert-OH is 2. The van der Waals surface area contributed by atoms with Crippen molar-refractivity contribution in [3.8, 4) is 0 Å². The van der Waals surface area contributed by atoms with E-state index in [0.717, 1.165) is 68.9 Å². The van der Waals surface area contributed by atoms with Gasteiger partial charge in [0.2, 0.25) is 0 Å². The van der Waals surface area contributed by atoms with Crippen LogP contribution >= 0.6 is 42.5 Å². The van der Waals surface area contributed by atoms with Gasteiger partial charge in [0.25, 0.3) is 9.05 Å². The number of aliphatic carboxylic acids is 2. The van der Waals surface area contributed by atoms with E-state index in [0.29, 0.717) is 48.8 Å². The molecule has 26 nitrogen and oxygen atoms in total. The summed E-state index contributed by atoms with van der Waals surface area (Å²) < 4.78 is 94.1. The topological polar surface area (TPSA) is 386 Å². The lowest BCUT2D eigenvalue weighted by Gasteiger charge is -2.32. The quantitative estimate of drug-likeness (QED) is 0.00975. The van der Waals surface area contributed by atoms with Crippen LogP contribution in [0.15, 0.2) is 175 Å². The molecule has 0 amide bonds. The zero-order valence-corrected chi connectivity index (χ0v) is 97.1. The van der Waals surface area contributed by atoms with E-state index in [1.165, 1.54) is 49.8 Å². The molecule has 0 aliphatic heterocycles. The molecule has 32 heteroatoms. The van der Waals surface area contributed by atoms with Gasteiger partial charge in [-0.25, -0.2) is 22.0 Å². The van der Waals surface area contributed by atoms with Gasteiger partial charge in [-0.05, 0) is 364 Å². The maximum absolute atomic E-state index is 12.8. The number of carbonyl (C=O) groups excluding carboxylic acids is 9. The predicted octanol–water partition coefficient (Wildman–Crippen LogP) is 25.1. The smallest absolute Gasteiger partial charge is 0.337 e. The van der Waals surface area contributed by atoms with Gasteiger partial charge in [-0.2, -0.15) is 0 Å². The first kappa shape index (κ1) is 140. The summed E-state index contributed by atoms with van der Waals surface area (Å²) in [6.45, 7) is 53.0. The van der Waals surface area contributed by atoms with Gasteiger partial charge in [0.05, 0.1) is 30.8 Å². The molecule has 0 aromatic heterocycles. The third kappa shape index (κ3) is 57.1. The highest BCUT2D eigenvalue weighted by atomic mass is 79.9. The third-order valence-corrected chi connectivity index (χ3v) is 23.0. The van der Waals surface area contributed by atoms with E-state index >= 15 is 0 Å². The summed E-state index contributed by atoms with van der Waals surface area (Å²) in [5, 5.41) is 37.7. The fourth-order valence-electron chi connectivity index (χ4n) is 12.0. The predicted molar refractivity (Wildman–Crippen MR) is 584 cm³/mol.